The van der Waals surface area contributed by atoms with Crippen molar-refractivity contribution >= 4 is 46.4 Å². The first-order valence-electron chi connectivity index (χ1n) is 10.9. The van der Waals surface area contributed by atoms with E-state index in [4.69, 9.17) is 27.9 Å². The predicted molar refractivity (Wildman–Crippen MR) is 137 cm³/mol. The molecular weight excluding hydrogens is 473 g/mol. The summed E-state index contributed by atoms with van der Waals surface area (Å²) in [5, 5.41) is 3.81. The molecule has 0 spiro atoms. The van der Waals surface area contributed by atoms with Crippen molar-refractivity contribution in [2.45, 2.75) is 6.92 Å². The van der Waals surface area contributed by atoms with Crippen LogP contribution in [-0.2, 0) is 0 Å². The van der Waals surface area contributed by atoms with Gasteiger partial charge in [0.15, 0.2) is 0 Å². The first-order chi connectivity index (χ1) is 16.4. The Morgan fingerprint density at radius 1 is 0.882 bits per heavy atom. The molecule has 0 atom stereocenters. The zero-order valence-corrected chi connectivity index (χ0v) is 20.5. The molecule has 1 fully saturated rings. The molecule has 3 aromatic rings. The van der Waals surface area contributed by atoms with E-state index in [0.29, 0.717) is 58.8 Å². The van der Waals surface area contributed by atoms with Crippen molar-refractivity contribution in [2.75, 3.05) is 43.5 Å². The van der Waals surface area contributed by atoms with Gasteiger partial charge in [-0.3, -0.25) is 9.59 Å². The maximum atomic E-state index is 13.0. The maximum Gasteiger partial charge on any atom is 0.257 e. The van der Waals surface area contributed by atoms with Crippen LogP contribution in [0.2, 0.25) is 10.0 Å². The van der Waals surface area contributed by atoms with Crippen LogP contribution in [0, 0.1) is 6.92 Å². The third-order valence-electron chi connectivity index (χ3n) is 5.82. The Hall–Kier alpha value is -3.22. The van der Waals surface area contributed by atoms with E-state index in [1.165, 1.54) is 0 Å². The second kappa shape index (κ2) is 10.4. The molecule has 34 heavy (non-hydrogen) atoms. The van der Waals surface area contributed by atoms with Crippen LogP contribution in [0.15, 0.2) is 60.7 Å². The van der Waals surface area contributed by atoms with Gasteiger partial charge in [0, 0.05) is 42.6 Å². The largest absolute Gasteiger partial charge is 0.496 e. The Balaban J connectivity index is 1.36. The SMILES string of the molecule is COc1ccc(Cl)cc1C(=O)N1CCN(c2ccc(NC(=O)c3ccc(C)cc3Cl)cc2)CC1. The van der Waals surface area contributed by atoms with Crippen molar-refractivity contribution < 1.29 is 14.3 Å². The summed E-state index contributed by atoms with van der Waals surface area (Å²) in [6.45, 7) is 4.48. The van der Waals surface area contributed by atoms with Crippen molar-refractivity contribution in [3.63, 3.8) is 0 Å². The number of hydrogen-bond acceptors (Lipinski definition) is 4. The smallest absolute Gasteiger partial charge is 0.257 e. The molecule has 0 unspecified atom stereocenters. The topological polar surface area (TPSA) is 61.9 Å². The van der Waals surface area contributed by atoms with Gasteiger partial charge in [0.05, 0.1) is 23.3 Å². The number of nitrogens with one attached hydrogen (secondary N) is 1. The number of nitrogens with zero attached hydrogens (tertiary/aromatic N) is 2. The number of hydrogen-bond donors (Lipinski definition) is 1. The van der Waals surface area contributed by atoms with Gasteiger partial charge >= 0.3 is 0 Å². The number of methoxy groups -OCH3 is 1. The molecule has 6 nitrogen and oxygen atoms in total. The molecule has 8 heteroatoms. The fourth-order valence-corrected chi connectivity index (χ4v) is 4.44. The molecule has 2 amide bonds. The molecule has 4 rings (SSSR count). The molecule has 1 N–H and O–H groups in total. The van der Waals surface area contributed by atoms with E-state index in [1.54, 1.807) is 37.4 Å². The van der Waals surface area contributed by atoms with Gasteiger partial charge in [-0.1, -0.05) is 29.3 Å². The molecule has 3 aromatic carbocycles. The van der Waals surface area contributed by atoms with Gasteiger partial charge < -0.3 is 19.9 Å². The number of rotatable bonds is 5. The summed E-state index contributed by atoms with van der Waals surface area (Å²) in [6.07, 6.45) is 0. The minimum absolute atomic E-state index is 0.0909. The van der Waals surface area contributed by atoms with Gasteiger partial charge in [-0.05, 0) is 67.1 Å². The fourth-order valence-electron chi connectivity index (χ4n) is 3.94. The van der Waals surface area contributed by atoms with Crippen LogP contribution in [0.25, 0.3) is 0 Å². The molecule has 0 bridgehead atoms. The first-order valence-corrected chi connectivity index (χ1v) is 11.7. The summed E-state index contributed by atoms with van der Waals surface area (Å²) in [6, 6.07) is 18.1. The van der Waals surface area contributed by atoms with Crippen molar-refractivity contribution in [1.29, 1.82) is 0 Å². The highest BCUT2D eigenvalue weighted by atomic mass is 35.5. The van der Waals surface area contributed by atoms with Crippen LogP contribution in [-0.4, -0.2) is 50.0 Å². The molecule has 0 aliphatic carbocycles. The number of aryl methyl sites for hydroxylation is 1. The van der Waals surface area contributed by atoms with Crippen molar-refractivity contribution in [3.8, 4) is 5.75 Å². The standard InChI is InChI=1S/C26H25Cl2N3O3/c1-17-3-9-21(23(28)15-17)25(32)29-19-5-7-20(8-6-19)30-11-13-31(14-12-30)26(33)22-16-18(27)4-10-24(22)34-2/h3-10,15-16H,11-14H2,1-2H3,(H,29,32). The highest BCUT2D eigenvalue weighted by Crippen LogP contribution is 2.26. The Bertz CT molecular complexity index is 1210. The normalized spacial score (nSPS) is 13.5. The monoisotopic (exact) mass is 497 g/mol. The van der Waals surface area contributed by atoms with Crippen LogP contribution in [0.3, 0.4) is 0 Å². The maximum absolute atomic E-state index is 13.0. The van der Waals surface area contributed by atoms with E-state index in [9.17, 15) is 9.59 Å². The number of carbonyl (C=O) groups is 2. The molecular formula is C26H25Cl2N3O3. The molecule has 0 aromatic heterocycles. The Kier molecular flexibility index (Phi) is 7.29. The lowest BCUT2D eigenvalue weighted by Gasteiger charge is -2.36. The third-order valence-corrected chi connectivity index (χ3v) is 6.37. The number of halogens is 2. The average molecular weight is 498 g/mol. The van der Waals surface area contributed by atoms with Gasteiger partial charge in [0.1, 0.15) is 5.75 Å². The second-order valence-electron chi connectivity index (χ2n) is 8.11. The predicted octanol–water partition coefficient (Wildman–Crippen LogP) is 5.53. The minimum Gasteiger partial charge on any atom is -0.496 e. The zero-order valence-electron chi connectivity index (χ0n) is 19.0. The summed E-state index contributed by atoms with van der Waals surface area (Å²) >= 11 is 12.3. The van der Waals surface area contributed by atoms with Crippen LogP contribution in [0.4, 0.5) is 11.4 Å². The molecule has 1 saturated heterocycles. The molecule has 1 aliphatic rings. The summed E-state index contributed by atoms with van der Waals surface area (Å²) < 4.78 is 5.33. The fraction of sp³-hybridized carbons (Fsp3) is 0.231. The summed E-state index contributed by atoms with van der Waals surface area (Å²) in [5.74, 6) is 0.175. The highest BCUT2D eigenvalue weighted by Gasteiger charge is 2.25. The van der Waals surface area contributed by atoms with Crippen LogP contribution >= 0.6 is 23.2 Å². The van der Waals surface area contributed by atoms with Crippen molar-refractivity contribution in [2.24, 2.45) is 0 Å². The van der Waals surface area contributed by atoms with Crippen LogP contribution in [0.1, 0.15) is 26.3 Å². The number of piperazine rings is 1. The first kappa shape index (κ1) is 23.9. The summed E-state index contributed by atoms with van der Waals surface area (Å²) in [7, 11) is 1.54. The number of benzene rings is 3. The minimum atomic E-state index is -0.249. The lowest BCUT2D eigenvalue weighted by atomic mass is 10.1. The molecule has 0 saturated carbocycles. The van der Waals surface area contributed by atoms with Gasteiger partial charge in [0.2, 0.25) is 0 Å². The zero-order chi connectivity index (χ0) is 24.2. The van der Waals surface area contributed by atoms with E-state index in [2.05, 4.69) is 10.2 Å². The summed E-state index contributed by atoms with van der Waals surface area (Å²) in [4.78, 5) is 29.6. The van der Waals surface area contributed by atoms with Crippen LogP contribution < -0.4 is 15.0 Å². The van der Waals surface area contributed by atoms with E-state index in [1.807, 2.05) is 42.2 Å². The number of amides is 2. The number of ether oxygens (including phenoxy) is 1. The lowest BCUT2D eigenvalue weighted by Crippen LogP contribution is -2.48. The molecule has 0 radical (unpaired) electrons. The summed E-state index contributed by atoms with van der Waals surface area (Å²) in [5.41, 5.74) is 3.62. The molecule has 1 aliphatic heterocycles. The van der Waals surface area contributed by atoms with Crippen molar-refractivity contribution in [3.05, 3.63) is 87.4 Å². The van der Waals surface area contributed by atoms with Gasteiger partial charge in [-0.2, -0.15) is 0 Å². The van der Waals surface area contributed by atoms with Crippen molar-refractivity contribution in [1.82, 2.24) is 4.90 Å². The average Bonchev–Trinajstić information content (AvgIpc) is 2.84. The van der Waals surface area contributed by atoms with Gasteiger partial charge in [-0.25, -0.2) is 0 Å². The number of anilines is 2. The van der Waals surface area contributed by atoms with E-state index < -0.39 is 0 Å². The highest BCUT2D eigenvalue weighted by molar-refractivity contribution is 6.34. The lowest BCUT2D eigenvalue weighted by molar-refractivity contribution is 0.0743. The number of carbonyl (C=O) groups excluding carboxylic acids is 2. The third kappa shape index (κ3) is 5.29. The van der Waals surface area contributed by atoms with E-state index in [0.717, 1.165) is 11.3 Å². The molecule has 176 valence electrons. The van der Waals surface area contributed by atoms with E-state index >= 15 is 0 Å². The Morgan fingerprint density at radius 3 is 2.24 bits per heavy atom. The molecule has 1 heterocycles. The van der Waals surface area contributed by atoms with Crippen LogP contribution in [0.5, 0.6) is 5.75 Å². The Labute approximate surface area is 209 Å². The quantitative estimate of drug-likeness (QED) is 0.503. The second-order valence-corrected chi connectivity index (χ2v) is 8.95. The van der Waals surface area contributed by atoms with Gasteiger partial charge in [-0.15, -0.1) is 0 Å². The van der Waals surface area contributed by atoms with E-state index in [-0.39, 0.29) is 11.8 Å². The Morgan fingerprint density at radius 2 is 1.59 bits per heavy atom. The van der Waals surface area contributed by atoms with Gasteiger partial charge in [0.25, 0.3) is 11.8 Å².